The molecule has 1 N–H and O–H groups in total. The number of fused-ring (bicyclic) bond motifs is 1. The SMILES string of the molecule is CC(=O)C1CC(C(=O)N2CCCC2c2nc3ccccc3[nH]2)=NN1c1ccccc1. The average Bonchev–Trinajstić information content (AvgIpc) is 3.51. The summed E-state index contributed by atoms with van der Waals surface area (Å²) in [6, 6.07) is 16.9. The number of hydrogen-bond donors (Lipinski definition) is 1. The van der Waals surface area contributed by atoms with Crippen LogP contribution in [0.25, 0.3) is 11.0 Å². The van der Waals surface area contributed by atoms with E-state index in [4.69, 9.17) is 4.98 Å². The van der Waals surface area contributed by atoms with Crippen LogP contribution in [0.15, 0.2) is 59.7 Å². The summed E-state index contributed by atoms with van der Waals surface area (Å²) in [6.45, 7) is 2.21. The maximum absolute atomic E-state index is 13.4. The molecule has 7 nitrogen and oxygen atoms in total. The Bertz CT molecular complexity index is 1100. The molecule has 2 aliphatic heterocycles. The molecule has 30 heavy (non-hydrogen) atoms. The van der Waals surface area contributed by atoms with Gasteiger partial charge in [-0.25, -0.2) is 4.98 Å². The number of imidazole rings is 1. The number of nitrogens with one attached hydrogen (secondary N) is 1. The van der Waals surface area contributed by atoms with Gasteiger partial charge in [-0.3, -0.25) is 14.6 Å². The van der Waals surface area contributed by atoms with E-state index in [-0.39, 0.29) is 17.7 Å². The number of ketones is 1. The van der Waals surface area contributed by atoms with Gasteiger partial charge >= 0.3 is 0 Å². The van der Waals surface area contributed by atoms with Crippen molar-refractivity contribution in [2.45, 2.75) is 38.3 Å². The van der Waals surface area contributed by atoms with Crippen LogP contribution in [-0.2, 0) is 9.59 Å². The van der Waals surface area contributed by atoms with Crippen LogP contribution in [0.2, 0.25) is 0 Å². The van der Waals surface area contributed by atoms with Crippen molar-refractivity contribution in [3.8, 4) is 0 Å². The van der Waals surface area contributed by atoms with Crippen LogP contribution in [0.3, 0.4) is 0 Å². The Morgan fingerprint density at radius 1 is 1.07 bits per heavy atom. The Hall–Kier alpha value is -3.48. The molecule has 0 saturated carbocycles. The van der Waals surface area contributed by atoms with Gasteiger partial charge in [0.1, 0.15) is 17.6 Å². The molecule has 0 radical (unpaired) electrons. The minimum absolute atomic E-state index is 0.000610. The summed E-state index contributed by atoms with van der Waals surface area (Å²) in [5, 5.41) is 6.27. The van der Waals surface area contributed by atoms with E-state index in [1.807, 2.05) is 59.5 Å². The van der Waals surface area contributed by atoms with Gasteiger partial charge in [-0.2, -0.15) is 5.10 Å². The standard InChI is InChI=1S/C23H23N5O2/c1-15(29)21-14-19(26-28(21)16-8-3-2-4-9-16)23(30)27-13-7-12-20(27)22-24-17-10-5-6-11-18(17)25-22/h2-6,8-11,20-21H,7,12-14H2,1H3,(H,24,25). The van der Waals surface area contributed by atoms with E-state index in [0.29, 0.717) is 18.7 Å². The molecular weight excluding hydrogens is 378 g/mol. The fourth-order valence-electron chi connectivity index (χ4n) is 4.36. The lowest BCUT2D eigenvalue weighted by Crippen LogP contribution is -2.37. The molecule has 1 amide bonds. The van der Waals surface area contributed by atoms with Crippen molar-refractivity contribution >= 4 is 34.1 Å². The number of carbonyl (C=O) groups is 2. The van der Waals surface area contributed by atoms with Crippen LogP contribution < -0.4 is 5.01 Å². The summed E-state index contributed by atoms with van der Waals surface area (Å²) < 4.78 is 0. The number of aromatic nitrogens is 2. The molecule has 0 bridgehead atoms. The number of hydrogen-bond acceptors (Lipinski definition) is 5. The molecule has 7 heteroatoms. The van der Waals surface area contributed by atoms with Crippen molar-refractivity contribution in [3.05, 3.63) is 60.4 Å². The normalized spacial score (nSPS) is 21.3. The fraction of sp³-hybridized carbons (Fsp3) is 0.304. The summed E-state index contributed by atoms with van der Waals surface area (Å²) >= 11 is 0. The molecule has 1 aromatic heterocycles. The molecule has 3 aromatic rings. The van der Waals surface area contributed by atoms with Gasteiger partial charge in [0.05, 0.1) is 22.8 Å². The van der Waals surface area contributed by atoms with E-state index < -0.39 is 6.04 Å². The molecule has 2 unspecified atom stereocenters. The Morgan fingerprint density at radius 3 is 2.60 bits per heavy atom. The zero-order valence-corrected chi connectivity index (χ0v) is 16.8. The average molecular weight is 401 g/mol. The third kappa shape index (κ3) is 3.16. The van der Waals surface area contributed by atoms with Gasteiger partial charge in [-0.05, 0) is 44.0 Å². The zero-order chi connectivity index (χ0) is 20.7. The number of para-hydroxylation sites is 3. The lowest BCUT2D eigenvalue weighted by molar-refractivity contribution is -0.125. The Morgan fingerprint density at radius 2 is 1.83 bits per heavy atom. The summed E-state index contributed by atoms with van der Waals surface area (Å²) in [4.78, 5) is 35.6. The number of amides is 1. The molecule has 3 heterocycles. The molecule has 2 aliphatic rings. The highest BCUT2D eigenvalue weighted by atomic mass is 16.2. The van der Waals surface area contributed by atoms with Gasteiger partial charge in [0.2, 0.25) is 0 Å². The highest BCUT2D eigenvalue weighted by Crippen LogP contribution is 2.33. The second-order valence-electron chi connectivity index (χ2n) is 7.85. The third-order valence-electron chi connectivity index (χ3n) is 5.88. The molecule has 1 fully saturated rings. The molecular formula is C23H23N5O2. The van der Waals surface area contributed by atoms with Gasteiger partial charge in [0.15, 0.2) is 5.78 Å². The highest BCUT2D eigenvalue weighted by molar-refractivity contribution is 6.40. The van der Waals surface area contributed by atoms with Gasteiger partial charge < -0.3 is 9.88 Å². The number of benzene rings is 2. The van der Waals surface area contributed by atoms with E-state index in [0.717, 1.165) is 35.4 Å². The number of nitrogens with zero attached hydrogens (tertiary/aromatic N) is 4. The van der Waals surface area contributed by atoms with Crippen molar-refractivity contribution in [3.63, 3.8) is 0 Å². The minimum Gasteiger partial charge on any atom is -0.340 e. The summed E-state index contributed by atoms with van der Waals surface area (Å²) in [5.74, 6) is 0.701. The van der Waals surface area contributed by atoms with Crippen LogP contribution in [0, 0.1) is 0 Å². The number of Topliss-reactive ketones (excluding diaryl/α,β-unsaturated/α-hetero) is 1. The predicted molar refractivity (Wildman–Crippen MR) is 115 cm³/mol. The largest absolute Gasteiger partial charge is 0.340 e. The Labute approximate surface area is 174 Å². The van der Waals surface area contributed by atoms with Crippen LogP contribution in [0.5, 0.6) is 0 Å². The van der Waals surface area contributed by atoms with E-state index >= 15 is 0 Å². The molecule has 2 atom stereocenters. The van der Waals surface area contributed by atoms with Crippen LogP contribution in [0.1, 0.15) is 38.1 Å². The molecule has 1 saturated heterocycles. The lowest BCUT2D eigenvalue weighted by Gasteiger charge is -2.22. The summed E-state index contributed by atoms with van der Waals surface area (Å²) in [5.41, 5.74) is 3.12. The zero-order valence-electron chi connectivity index (χ0n) is 16.8. The third-order valence-corrected chi connectivity index (χ3v) is 5.88. The van der Waals surface area contributed by atoms with Crippen LogP contribution >= 0.6 is 0 Å². The van der Waals surface area contributed by atoms with Gasteiger partial charge in [-0.1, -0.05) is 30.3 Å². The van der Waals surface area contributed by atoms with E-state index in [2.05, 4.69) is 10.1 Å². The second-order valence-corrected chi connectivity index (χ2v) is 7.85. The van der Waals surface area contributed by atoms with E-state index in [1.54, 1.807) is 11.9 Å². The van der Waals surface area contributed by atoms with Crippen LogP contribution in [0.4, 0.5) is 5.69 Å². The highest BCUT2D eigenvalue weighted by Gasteiger charge is 2.39. The smallest absolute Gasteiger partial charge is 0.270 e. The monoisotopic (exact) mass is 401 g/mol. The molecule has 152 valence electrons. The van der Waals surface area contributed by atoms with Gasteiger partial charge in [0.25, 0.3) is 5.91 Å². The first-order valence-corrected chi connectivity index (χ1v) is 10.3. The number of rotatable bonds is 4. The van der Waals surface area contributed by atoms with E-state index in [1.165, 1.54) is 0 Å². The topological polar surface area (TPSA) is 81.7 Å². The van der Waals surface area contributed by atoms with E-state index in [9.17, 15) is 9.59 Å². The number of H-pyrrole nitrogens is 1. The predicted octanol–water partition coefficient (Wildman–Crippen LogP) is 3.45. The Kier molecular flexibility index (Phi) is 4.58. The van der Waals surface area contributed by atoms with Crippen LogP contribution in [-0.4, -0.2) is 44.9 Å². The maximum atomic E-state index is 13.4. The van der Waals surface area contributed by atoms with Crippen molar-refractivity contribution in [1.82, 2.24) is 14.9 Å². The summed E-state index contributed by atoms with van der Waals surface area (Å²) in [7, 11) is 0. The quantitative estimate of drug-likeness (QED) is 0.726. The van der Waals surface area contributed by atoms with Gasteiger partial charge in [0, 0.05) is 13.0 Å². The second kappa shape index (κ2) is 7.40. The number of likely N-dealkylation sites (tertiary alicyclic amines) is 1. The first-order chi connectivity index (χ1) is 14.6. The molecule has 0 spiro atoms. The first-order valence-electron chi connectivity index (χ1n) is 10.3. The first kappa shape index (κ1) is 18.5. The molecule has 2 aromatic carbocycles. The van der Waals surface area contributed by atoms with Crippen molar-refractivity contribution in [1.29, 1.82) is 0 Å². The molecule has 5 rings (SSSR count). The lowest BCUT2D eigenvalue weighted by atomic mass is 10.1. The minimum atomic E-state index is -0.446. The number of carbonyl (C=O) groups excluding carboxylic acids is 2. The Balaban J connectivity index is 1.43. The van der Waals surface area contributed by atoms with Gasteiger partial charge in [-0.15, -0.1) is 0 Å². The fourth-order valence-corrected chi connectivity index (χ4v) is 4.36. The number of hydrazone groups is 1. The molecule has 0 aliphatic carbocycles. The van der Waals surface area contributed by atoms with Crippen molar-refractivity contribution in [2.75, 3.05) is 11.6 Å². The number of anilines is 1. The summed E-state index contributed by atoms with van der Waals surface area (Å²) in [6.07, 6.45) is 2.10. The maximum Gasteiger partial charge on any atom is 0.270 e. The number of aromatic amines is 1. The van der Waals surface area contributed by atoms with Crippen molar-refractivity contribution < 1.29 is 9.59 Å². The van der Waals surface area contributed by atoms with Crippen molar-refractivity contribution in [2.24, 2.45) is 5.10 Å².